The first-order valence-corrected chi connectivity index (χ1v) is 22.5. The van der Waals surface area contributed by atoms with E-state index in [4.69, 9.17) is 18.6 Å². The number of rotatable bonds is 18. The van der Waals surface area contributed by atoms with E-state index in [0.29, 0.717) is 18.8 Å². The van der Waals surface area contributed by atoms with E-state index in [1.807, 2.05) is 74.0 Å². The van der Waals surface area contributed by atoms with Gasteiger partial charge in [-0.2, -0.15) is 0 Å². The van der Waals surface area contributed by atoms with Crippen LogP contribution in [0.2, 0.25) is 0 Å². The van der Waals surface area contributed by atoms with E-state index in [1.54, 1.807) is 38.1 Å². The summed E-state index contributed by atoms with van der Waals surface area (Å²) in [6.07, 6.45) is 10.8. The standard InChI is InChI=1S/C45H53N2O6PS/c1-4-51-54(48,52-5-2)53-43(44(33-28-37-18-10-6-11-19-37)55(49,50)42-30-26-36(3)27-31-42)32-29-41-34-47(35-46-41)45(38-20-12-7-13-21-38,39-22-14-8-15-23-39)40-24-16-9-17-25-40/h7-9,12-17,20-27,30-31,34-35,37H,4-6,10-11,18-19,28-29,32-33H2,1-3H3. The predicted octanol–water partition coefficient (Wildman–Crippen LogP) is 11.2. The van der Waals surface area contributed by atoms with Crippen molar-refractivity contribution >= 4 is 17.7 Å². The van der Waals surface area contributed by atoms with Crippen molar-refractivity contribution in [2.45, 2.75) is 89.0 Å². The van der Waals surface area contributed by atoms with E-state index in [9.17, 15) is 13.0 Å². The topological polar surface area (TPSA) is 96.7 Å². The molecule has 10 heteroatoms. The van der Waals surface area contributed by atoms with Crippen LogP contribution < -0.4 is 0 Å². The van der Waals surface area contributed by atoms with E-state index < -0.39 is 23.2 Å². The van der Waals surface area contributed by atoms with E-state index in [0.717, 1.165) is 53.6 Å². The van der Waals surface area contributed by atoms with Crippen LogP contribution in [0.15, 0.2) is 143 Å². The molecule has 0 bridgehead atoms. The predicted molar refractivity (Wildman–Crippen MR) is 218 cm³/mol. The van der Waals surface area contributed by atoms with Gasteiger partial charge in [-0.05, 0) is 74.8 Å². The number of sulfone groups is 1. The van der Waals surface area contributed by atoms with Crippen molar-refractivity contribution in [2.24, 2.45) is 5.92 Å². The number of phosphoric ester groups is 1. The van der Waals surface area contributed by atoms with E-state index >= 15 is 0 Å². The smallest absolute Gasteiger partial charge is 0.407 e. The maximum absolute atomic E-state index is 14.6. The fraction of sp³-hybridized carbons (Fsp3) is 0.356. The molecule has 0 unspecified atom stereocenters. The second-order valence-electron chi connectivity index (χ2n) is 14.2. The average Bonchev–Trinajstić information content (AvgIpc) is 3.68. The number of aryl methyl sites for hydroxylation is 2. The van der Waals surface area contributed by atoms with E-state index in [1.165, 1.54) is 6.42 Å². The van der Waals surface area contributed by atoms with Crippen molar-refractivity contribution in [3.05, 3.63) is 166 Å². The molecule has 8 nitrogen and oxygen atoms in total. The lowest BCUT2D eigenvalue weighted by Crippen LogP contribution is -2.36. The second-order valence-corrected chi connectivity index (χ2v) is 17.7. The van der Waals surface area contributed by atoms with Gasteiger partial charge < -0.3 is 9.09 Å². The van der Waals surface area contributed by atoms with Crippen LogP contribution in [0.25, 0.3) is 0 Å². The molecule has 0 N–H and O–H groups in total. The molecular formula is C45H53N2O6PS. The first-order chi connectivity index (χ1) is 26.7. The van der Waals surface area contributed by atoms with Gasteiger partial charge >= 0.3 is 7.82 Å². The lowest BCUT2D eigenvalue weighted by atomic mass is 9.77. The molecule has 0 spiro atoms. The van der Waals surface area contributed by atoms with Crippen molar-refractivity contribution < 1.29 is 26.6 Å². The van der Waals surface area contributed by atoms with Crippen molar-refractivity contribution in [3.8, 4) is 0 Å². The molecule has 1 aliphatic rings. The summed E-state index contributed by atoms with van der Waals surface area (Å²) in [6, 6.07) is 37.9. The normalized spacial score (nSPS) is 14.7. The van der Waals surface area contributed by atoms with E-state index in [-0.39, 0.29) is 41.6 Å². The van der Waals surface area contributed by atoms with Gasteiger partial charge in [0.2, 0.25) is 9.84 Å². The monoisotopic (exact) mass is 780 g/mol. The number of benzene rings is 4. The summed E-state index contributed by atoms with van der Waals surface area (Å²) in [7, 11) is -8.22. The molecule has 0 aliphatic heterocycles. The third kappa shape index (κ3) is 9.41. The summed E-state index contributed by atoms with van der Waals surface area (Å²) in [6.45, 7) is 5.47. The summed E-state index contributed by atoms with van der Waals surface area (Å²) >= 11 is 0. The summed E-state index contributed by atoms with van der Waals surface area (Å²) < 4.78 is 62.9. The molecule has 0 amide bonds. The summed E-state index contributed by atoms with van der Waals surface area (Å²) in [5.41, 5.74) is 4.09. The summed E-state index contributed by atoms with van der Waals surface area (Å²) in [5.74, 6) is 0.498. The van der Waals surface area contributed by atoms with Gasteiger partial charge in [-0.15, -0.1) is 0 Å². The first-order valence-electron chi connectivity index (χ1n) is 19.5. The minimum Gasteiger partial charge on any atom is -0.407 e. The maximum Gasteiger partial charge on any atom is 0.529 e. The SMILES string of the molecule is CCOP(=O)(OCC)OC(CCc1cn(C(c2ccccc2)(c2ccccc2)c2ccccc2)cn1)=C(CCC1CCCCC1)S(=O)(=O)c1ccc(C)cc1. The van der Waals surface area contributed by atoms with Crippen LogP contribution in [-0.2, 0) is 39.9 Å². The largest absolute Gasteiger partial charge is 0.529 e. The minimum atomic E-state index is -4.16. The Morgan fingerprint density at radius 2 is 1.29 bits per heavy atom. The van der Waals surface area contributed by atoms with Gasteiger partial charge in [-0.3, -0.25) is 9.05 Å². The Morgan fingerprint density at radius 1 is 0.764 bits per heavy atom. The fourth-order valence-electron chi connectivity index (χ4n) is 7.77. The van der Waals surface area contributed by atoms with Gasteiger partial charge in [0.05, 0.1) is 35.0 Å². The van der Waals surface area contributed by atoms with Gasteiger partial charge in [0.1, 0.15) is 11.3 Å². The number of nitrogens with zero attached hydrogens (tertiary/aromatic N) is 2. The van der Waals surface area contributed by atoms with Gasteiger partial charge in [0.25, 0.3) is 0 Å². The molecule has 290 valence electrons. The Balaban J connectivity index is 1.45. The maximum atomic E-state index is 14.6. The number of aromatic nitrogens is 2. The highest BCUT2D eigenvalue weighted by molar-refractivity contribution is 7.95. The molecule has 4 aromatic carbocycles. The molecule has 0 atom stereocenters. The Kier molecular flexibility index (Phi) is 13.6. The number of phosphoric acid groups is 1. The van der Waals surface area contributed by atoms with Crippen LogP contribution in [-0.4, -0.2) is 31.2 Å². The molecule has 55 heavy (non-hydrogen) atoms. The Bertz CT molecular complexity index is 2040. The fourth-order valence-corrected chi connectivity index (χ4v) is 10.7. The summed E-state index contributed by atoms with van der Waals surface area (Å²) in [4.78, 5) is 5.20. The van der Waals surface area contributed by atoms with Gasteiger partial charge in [-0.25, -0.2) is 18.0 Å². The van der Waals surface area contributed by atoms with Crippen molar-refractivity contribution in [1.82, 2.24) is 9.55 Å². The van der Waals surface area contributed by atoms with Gasteiger partial charge in [0, 0.05) is 12.6 Å². The van der Waals surface area contributed by atoms with Gasteiger partial charge in [0.15, 0.2) is 0 Å². The Morgan fingerprint density at radius 3 is 1.80 bits per heavy atom. The van der Waals surface area contributed by atoms with Crippen LogP contribution in [0.5, 0.6) is 0 Å². The zero-order valence-electron chi connectivity index (χ0n) is 32.2. The zero-order chi connectivity index (χ0) is 38.7. The molecule has 5 aromatic rings. The molecule has 1 fully saturated rings. The first kappa shape index (κ1) is 40.4. The number of hydrogen-bond donors (Lipinski definition) is 0. The third-order valence-electron chi connectivity index (χ3n) is 10.5. The molecule has 6 rings (SSSR count). The summed E-state index contributed by atoms with van der Waals surface area (Å²) in [5, 5.41) is 0. The highest BCUT2D eigenvalue weighted by Crippen LogP contribution is 2.53. The molecule has 1 saturated carbocycles. The van der Waals surface area contributed by atoms with Crippen molar-refractivity contribution in [2.75, 3.05) is 13.2 Å². The lowest BCUT2D eigenvalue weighted by molar-refractivity contribution is 0.142. The zero-order valence-corrected chi connectivity index (χ0v) is 33.9. The number of imidazole rings is 1. The number of hydrogen-bond acceptors (Lipinski definition) is 7. The third-order valence-corrected chi connectivity index (χ3v) is 14.0. The molecular weight excluding hydrogens is 728 g/mol. The molecule has 0 saturated heterocycles. The van der Waals surface area contributed by atoms with Crippen LogP contribution in [0.4, 0.5) is 0 Å². The minimum absolute atomic E-state index is 0.0671. The van der Waals surface area contributed by atoms with Crippen LogP contribution >= 0.6 is 7.82 Å². The lowest BCUT2D eigenvalue weighted by Gasteiger charge is -2.37. The van der Waals surface area contributed by atoms with Crippen molar-refractivity contribution in [1.29, 1.82) is 0 Å². The van der Waals surface area contributed by atoms with E-state index in [2.05, 4.69) is 41.0 Å². The molecule has 0 radical (unpaired) electrons. The quantitative estimate of drug-likeness (QED) is 0.0496. The number of allylic oxidation sites excluding steroid dienone is 2. The molecule has 1 aromatic heterocycles. The van der Waals surface area contributed by atoms with Crippen LogP contribution in [0, 0.1) is 12.8 Å². The highest BCUT2D eigenvalue weighted by Gasteiger charge is 2.39. The second kappa shape index (κ2) is 18.6. The van der Waals surface area contributed by atoms with Crippen molar-refractivity contribution in [3.63, 3.8) is 0 Å². The average molecular weight is 781 g/mol. The molecule has 1 aliphatic carbocycles. The van der Waals surface area contributed by atoms with Crippen LogP contribution in [0.3, 0.4) is 0 Å². The highest BCUT2D eigenvalue weighted by atomic mass is 32.2. The Hall–Kier alpha value is -4.27. The van der Waals surface area contributed by atoms with Crippen LogP contribution in [0.1, 0.15) is 93.2 Å². The Labute approximate surface area is 327 Å². The van der Waals surface area contributed by atoms with Gasteiger partial charge in [-0.1, -0.05) is 141 Å². The molecule has 1 heterocycles.